The zero-order valence-electron chi connectivity index (χ0n) is 11.8. The number of nitrogen functional groups attached to an aromatic ring is 1. The van der Waals surface area contributed by atoms with Crippen molar-refractivity contribution in [3.05, 3.63) is 20.8 Å². The normalized spacial score (nSPS) is 14.7. The highest BCUT2D eigenvalue weighted by atomic mass is 79.9. The Morgan fingerprint density at radius 3 is 2.76 bits per heavy atom. The van der Waals surface area contributed by atoms with Gasteiger partial charge in [0.2, 0.25) is 17.8 Å². The second kappa shape index (κ2) is 6.15. The fourth-order valence-electron chi connectivity index (χ4n) is 2.34. The van der Waals surface area contributed by atoms with E-state index < -0.39 is 0 Å². The third-order valence-corrected chi connectivity index (χ3v) is 5.06. The number of aromatic nitrogens is 3. The Labute approximate surface area is 136 Å². The molecule has 21 heavy (non-hydrogen) atoms. The Bertz CT molecular complexity index is 625. The maximum Gasteiger partial charge on any atom is 0.232 e. The first-order chi connectivity index (χ1) is 10.1. The summed E-state index contributed by atoms with van der Waals surface area (Å²) in [6.07, 6.45) is 2.36. The lowest BCUT2D eigenvalue weighted by molar-refractivity contribution is 0.834. The predicted molar refractivity (Wildman–Crippen MR) is 89.8 cm³/mol. The fourth-order valence-corrected chi connectivity index (χ4v) is 3.84. The molecule has 0 saturated carbocycles. The van der Waals surface area contributed by atoms with Gasteiger partial charge >= 0.3 is 0 Å². The summed E-state index contributed by atoms with van der Waals surface area (Å²) >= 11 is 5.18. The SMILES string of the molecule is CN(Cc1cc(Br)cs1)c1nc(N)nc(N2CCCC2)n1. The molecule has 2 aromatic heterocycles. The van der Waals surface area contributed by atoms with Crippen LogP contribution in [-0.4, -0.2) is 35.1 Å². The Balaban J connectivity index is 1.80. The maximum absolute atomic E-state index is 5.84. The van der Waals surface area contributed by atoms with Crippen LogP contribution in [0.1, 0.15) is 17.7 Å². The molecule has 3 heterocycles. The molecule has 0 aromatic carbocycles. The van der Waals surface area contributed by atoms with Crippen molar-refractivity contribution < 1.29 is 0 Å². The van der Waals surface area contributed by atoms with Crippen LogP contribution < -0.4 is 15.5 Å². The number of nitrogens with two attached hydrogens (primary N) is 1. The third-order valence-electron chi connectivity index (χ3n) is 3.37. The molecule has 3 rings (SSSR count). The fraction of sp³-hybridized carbons (Fsp3) is 0.462. The highest BCUT2D eigenvalue weighted by Gasteiger charge is 2.18. The van der Waals surface area contributed by atoms with E-state index >= 15 is 0 Å². The van der Waals surface area contributed by atoms with Crippen LogP contribution in [-0.2, 0) is 6.54 Å². The summed E-state index contributed by atoms with van der Waals surface area (Å²) in [6, 6.07) is 2.10. The van der Waals surface area contributed by atoms with Gasteiger partial charge < -0.3 is 15.5 Å². The molecule has 0 aliphatic carbocycles. The van der Waals surface area contributed by atoms with Crippen molar-refractivity contribution in [3.8, 4) is 0 Å². The Morgan fingerprint density at radius 1 is 1.33 bits per heavy atom. The van der Waals surface area contributed by atoms with Gasteiger partial charge in [0.05, 0.1) is 6.54 Å². The van der Waals surface area contributed by atoms with E-state index in [2.05, 4.69) is 47.2 Å². The average molecular weight is 369 g/mol. The van der Waals surface area contributed by atoms with Crippen LogP contribution in [0.2, 0.25) is 0 Å². The van der Waals surface area contributed by atoms with Crippen LogP contribution in [0.25, 0.3) is 0 Å². The van der Waals surface area contributed by atoms with E-state index in [1.165, 1.54) is 17.7 Å². The Kier molecular flexibility index (Phi) is 4.25. The van der Waals surface area contributed by atoms with Crippen molar-refractivity contribution in [2.24, 2.45) is 0 Å². The van der Waals surface area contributed by atoms with Crippen LogP contribution in [0.5, 0.6) is 0 Å². The van der Waals surface area contributed by atoms with Gasteiger partial charge in [-0.1, -0.05) is 0 Å². The van der Waals surface area contributed by atoms with E-state index in [0.717, 1.165) is 24.1 Å². The molecular weight excluding hydrogens is 352 g/mol. The number of nitrogens with zero attached hydrogens (tertiary/aromatic N) is 5. The van der Waals surface area contributed by atoms with E-state index in [9.17, 15) is 0 Å². The standard InChI is InChI=1S/C13H17BrN6S/c1-19(7-10-6-9(14)8-21-10)12-16-11(15)17-13(18-12)20-4-2-3-5-20/h6,8H,2-5,7H2,1H3,(H2,15,16,17,18). The molecule has 0 atom stereocenters. The summed E-state index contributed by atoms with van der Waals surface area (Å²) in [5.41, 5.74) is 5.84. The second-order valence-corrected chi connectivity index (χ2v) is 6.99. The highest BCUT2D eigenvalue weighted by molar-refractivity contribution is 9.10. The van der Waals surface area contributed by atoms with Gasteiger partial charge in [-0.15, -0.1) is 11.3 Å². The second-order valence-electron chi connectivity index (χ2n) is 5.08. The molecule has 2 aromatic rings. The largest absolute Gasteiger partial charge is 0.368 e. The smallest absolute Gasteiger partial charge is 0.232 e. The van der Waals surface area contributed by atoms with E-state index in [-0.39, 0.29) is 5.95 Å². The van der Waals surface area contributed by atoms with Gasteiger partial charge in [0, 0.05) is 34.9 Å². The zero-order chi connectivity index (χ0) is 14.8. The van der Waals surface area contributed by atoms with Crippen LogP contribution in [0.4, 0.5) is 17.8 Å². The van der Waals surface area contributed by atoms with Crippen LogP contribution in [0.3, 0.4) is 0 Å². The van der Waals surface area contributed by atoms with Gasteiger partial charge in [0.15, 0.2) is 0 Å². The number of rotatable bonds is 4. The summed E-state index contributed by atoms with van der Waals surface area (Å²) < 4.78 is 1.10. The number of hydrogen-bond acceptors (Lipinski definition) is 7. The monoisotopic (exact) mass is 368 g/mol. The first-order valence-electron chi connectivity index (χ1n) is 6.82. The molecular formula is C13H17BrN6S. The summed E-state index contributed by atoms with van der Waals surface area (Å²) in [4.78, 5) is 18.5. The molecule has 6 nitrogen and oxygen atoms in total. The molecule has 1 aliphatic rings. The topological polar surface area (TPSA) is 71.2 Å². The van der Waals surface area contributed by atoms with E-state index in [4.69, 9.17) is 5.73 Å². The first kappa shape index (κ1) is 14.5. The summed E-state index contributed by atoms with van der Waals surface area (Å²) in [6.45, 7) is 2.73. The molecule has 112 valence electrons. The lowest BCUT2D eigenvalue weighted by Gasteiger charge is -2.20. The Hall–Kier alpha value is -1.41. The molecule has 0 unspecified atom stereocenters. The van der Waals surface area contributed by atoms with Crippen LogP contribution >= 0.6 is 27.3 Å². The number of anilines is 3. The van der Waals surface area contributed by atoms with Crippen molar-refractivity contribution in [1.82, 2.24) is 15.0 Å². The minimum absolute atomic E-state index is 0.279. The van der Waals surface area contributed by atoms with E-state index in [0.29, 0.717) is 11.9 Å². The maximum atomic E-state index is 5.84. The number of halogens is 1. The lowest BCUT2D eigenvalue weighted by atomic mass is 10.4. The minimum atomic E-state index is 0.279. The molecule has 0 bridgehead atoms. The summed E-state index contributed by atoms with van der Waals surface area (Å²) in [5, 5.41) is 2.07. The van der Waals surface area contributed by atoms with Gasteiger partial charge in [-0.2, -0.15) is 15.0 Å². The molecule has 2 N–H and O–H groups in total. The molecule has 1 fully saturated rings. The van der Waals surface area contributed by atoms with Gasteiger partial charge in [0.1, 0.15) is 0 Å². The highest BCUT2D eigenvalue weighted by Crippen LogP contribution is 2.23. The number of thiophene rings is 1. The van der Waals surface area contributed by atoms with Gasteiger partial charge in [-0.25, -0.2) is 0 Å². The van der Waals surface area contributed by atoms with Crippen LogP contribution in [0, 0.1) is 0 Å². The van der Waals surface area contributed by atoms with Crippen molar-refractivity contribution in [3.63, 3.8) is 0 Å². The molecule has 8 heteroatoms. The third kappa shape index (κ3) is 3.44. The molecule has 0 amide bonds. The summed E-state index contributed by atoms with van der Waals surface area (Å²) in [7, 11) is 1.97. The molecule has 0 radical (unpaired) electrons. The van der Waals surface area contributed by atoms with Crippen molar-refractivity contribution in [2.45, 2.75) is 19.4 Å². The number of hydrogen-bond donors (Lipinski definition) is 1. The van der Waals surface area contributed by atoms with Crippen molar-refractivity contribution in [2.75, 3.05) is 35.7 Å². The van der Waals surface area contributed by atoms with Crippen LogP contribution in [0.15, 0.2) is 15.9 Å². The predicted octanol–water partition coefficient (Wildman–Crippen LogP) is 2.51. The van der Waals surface area contributed by atoms with Gasteiger partial charge in [-0.3, -0.25) is 0 Å². The zero-order valence-corrected chi connectivity index (χ0v) is 14.2. The van der Waals surface area contributed by atoms with Crippen molar-refractivity contribution in [1.29, 1.82) is 0 Å². The Morgan fingerprint density at radius 2 is 2.10 bits per heavy atom. The lowest BCUT2D eigenvalue weighted by Crippen LogP contribution is -2.25. The molecule has 1 saturated heterocycles. The van der Waals surface area contributed by atoms with Gasteiger partial charge in [0.25, 0.3) is 0 Å². The first-order valence-corrected chi connectivity index (χ1v) is 8.49. The van der Waals surface area contributed by atoms with Gasteiger partial charge in [-0.05, 0) is 34.8 Å². The molecule has 1 aliphatic heterocycles. The molecule has 0 spiro atoms. The van der Waals surface area contributed by atoms with Crippen molar-refractivity contribution >= 4 is 45.1 Å². The quantitative estimate of drug-likeness (QED) is 0.893. The summed E-state index contributed by atoms with van der Waals surface area (Å²) in [5.74, 6) is 1.59. The van der Waals surface area contributed by atoms with E-state index in [1.807, 2.05) is 11.9 Å². The average Bonchev–Trinajstić information content (AvgIpc) is 3.10. The minimum Gasteiger partial charge on any atom is -0.368 e. The van der Waals surface area contributed by atoms with E-state index in [1.54, 1.807) is 11.3 Å².